The molecule has 4 atom stereocenters. The lowest BCUT2D eigenvalue weighted by Gasteiger charge is -2.56. The van der Waals surface area contributed by atoms with Crippen LogP contribution < -0.4 is 5.32 Å². The number of nitrogens with zero attached hydrogens (tertiary/aromatic N) is 2. The topological polar surface area (TPSA) is 72.9 Å². The van der Waals surface area contributed by atoms with Crippen molar-refractivity contribution in [1.29, 1.82) is 0 Å². The summed E-state index contributed by atoms with van der Waals surface area (Å²) in [7, 11) is 0. The third-order valence-corrected chi connectivity index (χ3v) is 6.70. The summed E-state index contributed by atoms with van der Waals surface area (Å²) in [5.41, 5.74) is 0.987. The van der Waals surface area contributed by atoms with Crippen LogP contribution in [-0.2, 0) is 9.59 Å². The van der Waals surface area contributed by atoms with Crippen LogP contribution in [0, 0.1) is 11.8 Å². The highest BCUT2D eigenvalue weighted by atomic mass is 16.3. The molecule has 3 saturated heterocycles. The minimum Gasteiger partial charge on any atom is -0.395 e. The summed E-state index contributed by atoms with van der Waals surface area (Å²) in [6.07, 6.45) is 7.11. The first-order valence-corrected chi connectivity index (χ1v) is 10.8. The van der Waals surface area contributed by atoms with E-state index >= 15 is 0 Å². The molecule has 4 rings (SSSR count). The van der Waals surface area contributed by atoms with Gasteiger partial charge in [-0.1, -0.05) is 30.3 Å². The highest BCUT2D eigenvalue weighted by molar-refractivity contribution is 5.91. The fraction of sp³-hybridized carbons (Fsp3) is 0.565. The van der Waals surface area contributed by atoms with Gasteiger partial charge in [-0.05, 0) is 42.7 Å². The third kappa shape index (κ3) is 4.54. The summed E-state index contributed by atoms with van der Waals surface area (Å²) in [6, 6.07) is 10.1. The number of benzene rings is 1. The van der Waals surface area contributed by atoms with Crippen molar-refractivity contribution in [3.8, 4) is 0 Å². The van der Waals surface area contributed by atoms with Gasteiger partial charge in [0.05, 0.1) is 12.6 Å². The summed E-state index contributed by atoms with van der Waals surface area (Å²) in [5.74, 6) is 0.942. The van der Waals surface area contributed by atoms with E-state index in [0.29, 0.717) is 31.3 Å². The highest BCUT2D eigenvalue weighted by Gasteiger charge is 2.49. The maximum Gasteiger partial charge on any atom is 0.244 e. The minimum atomic E-state index is -0.125. The van der Waals surface area contributed by atoms with E-state index in [-0.39, 0.29) is 30.5 Å². The molecule has 3 aliphatic rings. The van der Waals surface area contributed by atoms with Gasteiger partial charge in [-0.25, -0.2) is 0 Å². The molecule has 3 heterocycles. The Balaban J connectivity index is 1.44. The Bertz CT molecular complexity index is 749. The quantitative estimate of drug-likeness (QED) is 0.714. The molecule has 0 unspecified atom stereocenters. The first-order chi connectivity index (χ1) is 14.2. The van der Waals surface area contributed by atoms with Crippen LogP contribution in [0.15, 0.2) is 36.4 Å². The zero-order valence-corrected chi connectivity index (χ0v) is 16.9. The van der Waals surface area contributed by atoms with Crippen LogP contribution in [0.1, 0.15) is 31.2 Å². The van der Waals surface area contributed by atoms with E-state index in [2.05, 4.69) is 15.1 Å². The lowest BCUT2D eigenvalue weighted by atomic mass is 9.72. The van der Waals surface area contributed by atoms with Crippen LogP contribution in [0.3, 0.4) is 0 Å². The molecule has 1 aromatic rings. The van der Waals surface area contributed by atoms with Crippen molar-refractivity contribution < 1.29 is 14.7 Å². The van der Waals surface area contributed by atoms with Gasteiger partial charge < -0.3 is 20.2 Å². The Labute approximate surface area is 172 Å². The molecule has 156 valence electrons. The van der Waals surface area contributed by atoms with E-state index in [1.54, 1.807) is 6.08 Å². The van der Waals surface area contributed by atoms with Gasteiger partial charge in [-0.3, -0.25) is 9.59 Å². The Hall–Kier alpha value is -2.18. The van der Waals surface area contributed by atoms with Crippen molar-refractivity contribution in [2.24, 2.45) is 11.8 Å². The number of fused-ring (bicyclic) bond motifs is 4. The van der Waals surface area contributed by atoms with Crippen LogP contribution in [0.5, 0.6) is 0 Å². The molecular weight excluding hydrogens is 366 g/mol. The number of piperidine rings is 3. The number of aliphatic hydroxyl groups excluding tert-OH is 1. The number of rotatable bonds is 6. The van der Waals surface area contributed by atoms with Gasteiger partial charge in [0.2, 0.25) is 11.8 Å². The molecule has 3 aliphatic heterocycles. The normalized spacial score (nSPS) is 29.7. The van der Waals surface area contributed by atoms with Crippen LogP contribution in [0.4, 0.5) is 0 Å². The largest absolute Gasteiger partial charge is 0.395 e. The number of carbonyl (C=O) groups excluding carboxylic acids is 2. The smallest absolute Gasteiger partial charge is 0.244 e. The lowest BCUT2D eigenvalue weighted by Crippen LogP contribution is -2.67. The van der Waals surface area contributed by atoms with E-state index in [1.165, 1.54) is 0 Å². The van der Waals surface area contributed by atoms with Crippen molar-refractivity contribution >= 4 is 17.9 Å². The van der Waals surface area contributed by atoms with Gasteiger partial charge in [-0.2, -0.15) is 0 Å². The first kappa shape index (κ1) is 20.1. The van der Waals surface area contributed by atoms with Crippen LogP contribution in [0.2, 0.25) is 0 Å². The summed E-state index contributed by atoms with van der Waals surface area (Å²) in [6.45, 7) is 3.19. The van der Waals surface area contributed by atoms with Gasteiger partial charge in [0.15, 0.2) is 0 Å². The molecule has 6 nitrogen and oxygen atoms in total. The van der Waals surface area contributed by atoms with E-state index in [0.717, 1.165) is 37.9 Å². The zero-order chi connectivity index (χ0) is 20.2. The van der Waals surface area contributed by atoms with Crippen molar-refractivity contribution in [2.75, 3.05) is 32.8 Å². The van der Waals surface area contributed by atoms with Crippen LogP contribution >= 0.6 is 0 Å². The van der Waals surface area contributed by atoms with Gasteiger partial charge >= 0.3 is 0 Å². The third-order valence-electron chi connectivity index (χ3n) is 6.70. The summed E-state index contributed by atoms with van der Waals surface area (Å²) < 4.78 is 0. The number of likely N-dealkylation sites (tertiary alicyclic amines) is 1. The van der Waals surface area contributed by atoms with Crippen molar-refractivity contribution in [1.82, 2.24) is 15.1 Å². The Morgan fingerprint density at radius 1 is 1.21 bits per heavy atom. The Morgan fingerprint density at radius 2 is 2.00 bits per heavy atom. The predicted molar refractivity (Wildman–Crippen MR) is 112 cm³/mol. The number of β-amino-alcohol motifs (C(OH)–C–C–N with tert-alkyl or cyclic N) is 1. The standard InChI is InChI=1S/C23H31N3O3/c27-12-11-25-15-18-13-19(16-25)21(26-20(18)7-4-8-23(26)29)14-24-22(28)10-9-17-5-2-1-3-6-17/h1-3,5-6,9-10,18-21,27H,4,7-8,11-16H2,(H,24,28)/t18-,19+,20+,21+/m1/s1. The molecule has 2 amide bonds. The summed E-state index contributed by atoms with van der Waals surface area (Å²) >= 11 is 0. The summed E-state index contributed by atoms with van der Waals surface area (Å²) in [5, 5.41) is 12.4. The first-order valence-electron chi connectivity index (χ1n) is 10.8. The second kappa shape index (κ2) is 9.09. The zero-order valence-electron chi connectivity index (χ0n) is 16.9. The van der Waals surface area contributed by atoms with E-state index in [9.17, 15) is 14.7 Å². The number of amides is 2. The SMILES string of the molecule is O=C(C=Cc1ccccc1)NC[C@H]1[C@H]2C[C@H](CN(CCO)C2)[C@@H]2CCCC(=O)N21. The molecule has 1 aromatic carbocycles. The molecule has 0 radical (unpaired) electrons. The molecular formula is C23H31N3O3. The lowest BCUT2D eigenvalue weighted by molar-refractivity contribution is -0.153. The maximum atomic E-state index is 12.8. The average molecular weight is 398 g/mol. The Kier molecular flexibility index (Phi) is 6.31. The van der Waals surface area contributed by atoms with E-state index in [1.807, 2.05) is 36.4 Å². The fourth-order valence-electron chi connectivity index (χ4n) is 5.46. The molecule has 2 N–H and O–H groups in total. The van der Waals surface area contributed by atoms with Gasteiger partial charge in [0, 0.05) is 44.7 Å². The molecule has 0 aromatic heterocycles. The van der Waals surface area contributed by atoms with Crippen LogP contribution in [0.25, 0.3) is 6.08 Å². The highest BCUT2D eigenvalue weighted by Crippen LogP contribution is 2.41. The molecule has 0 aliphatic carbocycles. The number of aliphatic hydroxyl groups is 1. The van der Waals surface area contributed by atoms with E-state index < -0.39 is 0 Å². The van der Waals surface area contributed by atoms with Gasteiger partial charge in [0.1, 0.15) is 0 Å². The monoisotopic (exact) mass is 397 g/mol. The molecule has 6 heteroatoms. The van der Waals surface area contributed by atoms with Crippen molar-refractivity contribution in [2.45, 2.75) is 37.8 Å². The van der Waals surface area contributed by atoms with Gasteiger partial charge in [0.25, 0.3) is 0 Å². The second-order valence-corrected chi connectivity index (χ2v) is 8.56. The Morgan fingerprint density at radius 3 is 2.79 bits per heavy atom. The predicted octanol–water partition coefficient (Wildman–Crippen LogP) is 1.51. The van der Waals surface area contributed by atoms with E-state index in [4.69, 9.17) is 0 Å². The molecule has 0 saturated carbocycles. The van der Waals surface area contributed by atoms with Crippen LogP contribution in [-0.4, -0.2) is 71.6 Å². The summed E-state index contributed by atoms with van der Waals surface area (Å²) in [4.78, 5) is 29.6. The second-order valence-electron chi connectivity index (χ2n) is 8.56. The molecule has 0 spiro atoms. The van der Waals surface area contributed by atoms with Crippen molar-refractivity contribution in [3.05, 3.63) is 42.0 Å². The maximum absolute atomic E-state index is 12.8. The van der Waals surface area contributed by atoms with Crippen molar-refractivity contribution in [3.63, 3.8) is 0 Å². The number of nitrogens with one attached hydrogen (secondary N) is 1. The molecule has 2 bridgehead atoms. The number of hydrogen-bond acceptors (Lipinski definition) is 4. The number of carbonyl (C=O) groups is 2. The van der Waals surface area contributed by atoms with Gasteiger partial charge in [-0.15, -0.1) is 0 Å². The fourth-order valence-corrected chi connectivity index (χ4v) is 5.46. The number of hydrogen-bond donors (Lipinski definition) is 2. The average Bonchev–Trinajstić information content (AvgIpc) is 2.73. The minimum absolute atomic E-state index is 0.0413. The molecule has 3 fully saturated rings. The molecule has 29 heavy (non-hydrogen) atoms.